The van der Waals surface area contributed by atoms with Gasteiger partial charge in [-0.1, -0.05) is 0 Å². The number of likely N-dealkylation sites (N-methyl/N-ethyl adjacent to an activating group) is 1. The van der Waals surface area contributed by atoms with Crippen LogP contribution in [-0.4, -0.2) is 72.3 Å². The smallest absolute Gasteiger partial charge is 0.352 e. The van der Waals surface area contributed by atoms with E-state index in [9.17, 15) is 18.0 Å². The van der Waals surface area contributed by atoms with E-state index in [2.05, 4.69) is 34.3 Å². The Morgan fingerprint density at radius 3 is 2.40 bits per heavy atom. The molecule has 2 aromatic rings. The van der Waals surface area contributed by atoms with E-state index in [0.717, 1.165) is 49.8 Å². The number of halogens is 3. The standard InChI is InChI=1S/C21H28F3N5O/c1-27(2)13-14-28-10-7-16(8-11-28)15-25-20(30)17-3-5-18(6-4-17)29-12-9-19(26-29)21(22,23)24/h3-6,9,12,16H,7-8,10-11,13-15H2,1-2H3,(H,25,30). The van der Waals surface area contributed by atoms with Gasteiger partial charge in [0.1, 0.15) is 0 Å². The first kappa shape index (κ1) is 22.3. The van der Waals surface area contributed by atoms with Gasteiger partial charge in [0.25, 0.3) is 5.91 Å². The molecule has 1 aliphatic rings. The Kier molecular flexibility index (Phi) is 7.14. The lowest BCUT2D eigenvalue weighted by Crippen LogP contribution is -2.41. The first-order valence-electron chi connectivity index (χ1n) is 10.1. The summed E-state index contributed by atoms with van der Waals surface area (Å²) in [7, 11) is 4.15. The van der Waals surface area contributed by atoms with Crippen molar-refractivity contribution in [2.24, 2.45) is 5.92 Å². The van der Waals surface area contributed by atoms with Gasteiger partial charge >= 0.3 is 6.18 Å². The molecule has 1 N–H and O–H groups in total. The molecule has 0 atom stereocenters. The van der Waals surface area contributed by atoms with Crippen LogP contribution in [0.3, 0.4) is 0 Å². The van der Waals surface area contributed by atoms with Crippen LogP contribution in [0, 0.1) is 5.92 Å². The minimum absolute atomic E-state index is 0.173. The Morgan fingerprint density at radius 2 is 1.83 bits per heavy atom. The summed E-state index contributed by atoms with van der Waals surface area (Å²) in [5, 5.41) is 6.52. The molecule has 1 aromatic carbocycles. The van der Waals surface area contributed by atoms with E-state index in [1.165, 1.54) is 6.20 Å². The van der Waals surface area contributed by atoms with Crippen molar-refractivity contribution >= 4 is 5.91 Å². The summed E-state index contributed by atoms with van der Waals surface area (Å²) in [5.74, 6) is 0.293. The average molecular weight is 423 g/mol. The van der Waals surface area contributed by atoms with Crippen LogP contribution in [0.4, 0.5) is 13.2 Å². The summed E-state index contributed by atoms with van der Waals surface area (Å²) in [5.41, 5.74) is -0.00500. The second-order valence-electron chi connectivity index (χ2n) is 7.99. The Balaban J connectivity index is 1.47. The number of carbonyl (C=O) groups is 1. The van der Waals surface area contributed by atoms with Crippen molar-refractivity contribution < 1.29 is 18.0 Å². The highest BCUT2D eigenvalue weighted by Gasteiger charge is 2.33. The third-order valence-corrected chi connectivity index (χ3v) is 5.40. The molecule has 1 aromatic heterocycles. The third kappa shape index (κ3) is 6.06. The lowest BCUT2D eigenvalue weighted by molar-refractivity contribution is -0.141. The van der Waals surface area contributed by atoms with E-state index in [0.29, 0.717) is 23.7 Å². The van der Waals surface area contributed by atoms with Crippen molar-refractivity contribution in [3.05, 3.63) is 47.8 Å². The van der Waals surface area contributed by atoms with Crippen LogP contribution in [0.5, 0.6) is 0 Å². The van der Waals surface area contributed by atoms with Gasteiger partial charge in [-0.25, -0.2) is 4.68 Å². The highest BCUT2D eigenvalue weighted by Crippen LogP contribution is 2.27. The molecule has 1 amide bonds. The van der Waals surface area contributed by atoms with Gasteiger partial charge in [0.05, 0.1) is 5.69 Å². The maximum Gasteiger partial charge on any atom is 0.435 e. The third-order valence-electron chi connectivity index (χ3n) is 5.40. The van der Waals surface area contributed by atoms with Crippen molar-refractivity contribution in [3.8, 4) is 5.69 Å². The quantitative estimate of drug-likeness (QED) is 0.744. The largest absolute Gasteiger partial charge is 0.435 e. The van der Waals surface area contributed by atoms with E-state index in [-0.39, 0.29) is 5.91 Å². The van der Waals surface area contributed by atoms with Gasteiger partial charge in [0.2, 0.25) is 0 Å². The van der Waals surface area contributed by atoms with Gasteiger partial charge < -0.3 is 15.1 Å². The maximum absolute atomic E-state index is 12.7. The molecule has 0 bridgehead atoms. The van der Waals surface area contributed by atoms with Gasteiger partial charge in [0, 0.05) is 31.4 Å². The number of aromatic nitrogens is 2. The number of likely N-dealkylation sites (tertiary alicyclic amines) is 1. The van der Waals surface area contributed by atoms with Crippen LogP contribution in [0.15, 0.2) is 36.5 Å². The minimum Gasteiger partial charge on any atom is -0.352 e. The lowest BCUT2D eigenvalue weighted by Gasteiger charge is -2.32. The molecule has 0 saturated carbocycles. The fourth-order valence-electron chi connectivity index (χ4n) is 3.48. The van der Waals surface area contributed by atoms with Gasteiger partial charge in [-0.15, -0.1) is 0 Å². The molecule has 2 heterocycles. The molecular weight excluding hydrogens is 395 g/mol. The predicted octanol–water partition coefficient (Wildman–Crippen LogP) is 2.89. The zero-order valence-electron chi connectivity index (χ0n) is 17.3. The number of hydrogen-bond acceptors (Lipinski definition) is 4. The van der Waals surface area contributed by atoms with Crippen molar-refractivity contribution in [1.82, 2.24) is 24.9 Å². The number of alkyl halides is 3. The molecule has 0 spiro atoms. The van der Waals surface area contributed by atoms with Crippen LogP contribution in [-0.2, 0) is 6.18 Å². The molecule has 1 fully saturated rings. The number of piperidine rings is 1. The van der Waals surface area contributed by atoms with Gasteiger partial charge in [0.15, 0.2) is 5.69 Å². The molecule has 3 rings (SSSR count). The Morgan fingerprint density at radius 1 is 1.17 bits per heavy atom. The summed E-state index contributed by atoms with van der Waals surface area (Å²) >= 11 is 0. The fourth-order valence-corrected chi connectivity index (χ4v) is 3.48. The summed E-state index contributed by atoms with van der Waals surface area (Å²) in [6, 6.07) is 7.30. The summed E-state index contributed by atoms with van der Waals surface area (Å²) < 4.78 is 39.2. The second kappa shape index (κ2) is 9.61. The molecule has 164 valence electrons. The van der Waals surface area contributed by atoms with Gasteiger partial charge in [-0.3, -0.25) is 4.79 Å². The summed E-state index contributed by atoms with van der Waals surface area (Å²) in [6.07, 6.45) is -1.10. The molecule has 0 radical (unpaired) electrons. The Hall–Kier alpha value is -2.39. The topological polar surface area (TPSA) is 53.4 Å². The Bertz CT molecular complexity index is 824. The molecule has 0 aliphatic carbocycles. The van der Waals surface area contributed by atoms with E-state index in [1.54, 1.807) is 24.3 Å². The zero-order valence-corrected chi connectivity index (χ0v) is 17.3. The molecule has 1 aliphatic heterocycles. The number of rotatable bonds is 7. The normalized spacial score (nSPS) is 16.2. The number of nitrogens with one attached hydrogen (secondary N) is 1. The molecular formula is C21H28F3N5O. The Labute approximate surface area is 174 Å². The highest BCUT2D eigenvalue weighted by atomic mass is 19.4. The van der Waals surface area contributed by atoms with Crippen LogP contribution in [0.2, 0.25) is 0 Å². The van der Waals surface area contributed by atoms with Crippen molar-refractivity contribution in [2.75, 3.05) is 46.8 Å². The summed E-state index contributed by atoms with van der Waals surface area (Å²) in [4.78, 5) is 17.0. The maximum atomic E-state index is 12.7. The van der Waals surface area contributed by atoms with Crippen molar-refractivity contribution in [3.63, 3.8) is 0 Å². The van der Waals surface area contributed by atoms with E-state index < -0.39 is 11.9 Å². The van der Waals surface area contributed by atoms with Gasteiger partial charge in [-0.2, -0.15) is 18.3 Å². The minimum atomic E-state index is -4.48. The first-order chi connectivity index (χ1) is 14.2. The first-order valence-corrected chi connectivity index (χ1v) is 10.1. The molecule has 30 heavy (non-hydrogen) atoms. The van der Waals surface area contributed by atoms with Crippen molar-refractivity contribution in [1.29, 1.82) is 0 Å². The number of carbonyl (C=O) groups excluding carboxylic acids is 1. The van der Waals surface area contributed by atoms with Crippen LogP contribution in [0.25, 0.3) is 5.69 Å². The van der Waals surface area contributed by atoms with E-state index in [4.69, 9.17) is 0 Å². The number of amides is 1. The molecule has 1 saturated heterocycles. The van der Waals surface area contributed by atoms with E-state index >= 15 is 0 Å². The number of hydrogen-bond donors (Lipinski definition) is 1. The molecule has 9 heteroatoms. The van der Waals surface area contributed by atoms with Crippen LogP contribution < -0.4 is 5.32 Å². The molecule has 0 unspecified atom stereocenters. The number of nitrogens with zero attached hydrogens (tertiary/aromatic N) is 4. The monoisotopic (exact) mass is 423 g/mol. The van der Waals surface area contributed by atoms with E-state index in [1.807, 2.05) is 0 Å². The van der Waals surface area contributed by atoms with Gasteiger partial charge in [-0.05, 0) is 76.3 Å². The SMILES string of the molecule is CN(C)CCN1CCC(CNC(=O)c2ccc(-n3ccc(C(F)(F)F)n3)cc2)CC1. The predicted molar refractivity (Wildman–Crippen MR) is 109 cm³/mol. The van der Waals surface area contributed by atoms with Crippen LogP contribution in [0.1, 0.15) is 28.9 Å². The number of benzene rings is 1. The fraction of sp³-hybridized carbons (Fsp3) is 0.524. The average Bonchev–Trinajstić information content (AvgIpc) is 3.22. The zero-order chi connectivity index (χ0) is 21.7. The molecule has 6 nitrogen and oxygen atoms in total. The second-order valence-corrected chi connectivity index (χ2v) is 7.99. The lowest BCUT2D eigenvalue weighted by atomic mass is 9.96. The highest BCUT2D eigenvalue weighted by molar-refractivity contribution is 5.94. The van der Waals surface area contributed by atoms with Crippen LogP contribution >= 0.6 is 0 Å². The summed E-state index contributed by atoms with van der Waals surface area (Å²) in [6.45, 7) is 4.85. The van der Waals surface area contributed by atoms with Crippen molar-refractivity contribution in [2.45, 2.75) is 19.0 Å².